The van der Waals surface area contributed by atoms with Crippen LogP contribution in [0.5, 0.6) is 11.5 Å². The molecule has 1 N–H and O–H groups in total. The Morgan fingerprint density at radius 1 is 1.18 bits per heavy atom. The highest BCUT2D eigenvalue weighted by Gasteiger charge is 2.26. The number of ether oxygens (including phenoxy) is 2. The van der Waals surface area contributed by atoms with E-state index in [9.17, 15) is 9.90 Å². The van der Waals surface area contributed by atoms with Crippen molar-refractivity contribution in [2.45, 2.75) is 13.0 Å². The Morgan fingerprint density at radius 2 is 2.00 bits per heavy atom. The van der Waals surface area contributed by atoms with E-state index in [4.69, 9.17) is 9.47 Å². The van der Waals surface area contributed by atoms with Crippen LogP contribution in [-0.4, -0.2) is 61.6 Å². The van der Waals surface area contributed by atoms with Crippen LogP contribution in [0, 0.1) is 0 Å². The van der Waals surface area contributed by atoms with E-state index >= 15 is 0 Å². The van der Waals surface area contributed by atoms with Crippen molar-refractivity contribution in [1.29, 1.82) is 0 Å². The third-order valence-electron chi connectivity index (χ3n) is 5.65. The minimum absolute atomic E-state index is 0.0485. The lowest BCUT2D eigenvalue weighted by molar-refractivity contribution is 0.00834. The number of phenols is 1. The van der Waals surface area contributed by atoms with Crippen LogP contribution in [-0.2, 0) is 11.8 Å². The van der Waals surface area contributed by atoms with Crippen molar-refractivity contribution >= 4 is 17.0 Å². The number of hydrogen-bond acceptors (Lipinski definition) is 7. The molecule has 168 valence electrons. The van der Waals surface area contributed by atoms with Crippen molar-refractivity contribution in [2.24, 2.45) is 7.05 Å². The summed E-state index contributed by atoms with van der Waals surface area (Å²) in [6, 6.07) is 12.8. The Bertz CT molecular complexity index is 1320. The van der Waals surface area contributed by atoms with Crippen molar-refractivity contribution in [2.75, 3.05) is 19.8 Å². The highest BCUT2D eigenvalue weighted by atomic mass is 16.6. The molecule has 1 aliphatic heterocycles. The van der Waals surface area contributed by atoms with Crippen LogP contribution in [0.1, 0.15) is 6.92 Å². The van der Waals surface area contributed by atoms with Gasteiger partial charge in [-0.05, 0) is 13.0 Å². The van der Waals surface area contributed by atoms with E-state index in [2.05, 4.69) is 15.1 Å². The normalized spacial score (nSPS) is 16.2. The van der Waals surface area contributed by atoms with Crippen LogP contribution < -0.4 is 4.74 Å². The quantitative estimate of drug-likeness (QED) is 0.514. The molecule has 5 rings (SSSR count). The summed E-state index contributed by atoms with van der Waals surface area (Å²) >= 11 is 0. The van der Waals surface area contributed by atoms with Crippen LogP contribution in [0.15, 0.2) is 55.0 Å². The summed E-state index contributed by atoms with van der Waals surface area (Å²) in [5.41, 5.74) is 3.68. The van der Waals surface area contributed by atoms with Gasteiger partial charge >= 0.3 is 6.09 Å². The van der Waals surface area contributed by atoms with Crippen molar-refractivity contribution in [3.8, 4) is 34.0 Å². The second-order valence-corrected chi connectivity index (χ2v) is 7.98. The van der Waals surface area contributed by atoms with Crippen LogP contribution in [0.2, 0.25) is 0 Å². The smallest absolute Gasteiger partial charge is 0.415 e. The standard InChI is InChI=1S/C24H23N5O4/c1-15-13-32-9-8-29(15)24(31)33-21-10-17-19(11-20(21)30)25-14-26-23(17)18-12-28(2)27-22(18)16-6-4-3-5-7-16/h3-7,10-12,14-15,30H,8-9,13H2,1-2H3. The van der Waals surface area contributed by atoms with Crippen LogP contribution in [0.3, 0.4) is 0 Å². The number of aromatic hydroxyl groups is 1. The Morgan fingerprint density at radius 3 is 2.79 bits per heavy atom. The molecule has 1 saturated heterocycles. The summed E-state index contributed by atoms with van der Waals surface area (Å²) in [6.07, 6.45) is 2.79. The highest BCUT2D eigenvalue weighted by Crippen LogP contribution is 2.38. The summed E-state index contributed by atoms with van der Waals surface area (Å²) in [6.45, 7) is 3.21. The van der Waals surface area contributed by atoms with E-state index in [1.807, 2.05) is 50.5 Å². The summed E-state index contributed by atoms with van der Waals surface area (Å²) in [4.78, 5) is 23.2. The van der Waals surface area contributed by atoms with Gasteiger partial charge in [0.2, 0.25) is 0 Å². The monoisotopic (exact) mass is 445 g/mol. The lowest BCUT2D eigenvalue weighted by Crippen LogP contribution is -2.48. The van der Waals surface area contributed by atoms with Gasteiger partial charge in [0.1, 0.15) is 12.0 Å². The fraction of sp³-hybridized carbons (Fsp3) is 0.250. The Balaban J connectivity index is 1.58. The van der Waals surface area contributed by atoms with Gasteiger partial charge in [-0.3, -0.25) is 4.68 Å². The number of amides is 1. The zero-order chi connectivity index (χ0) is 22.9. The molecule has 0 bridgehead atoms. The first-order valence-corrected chi connectivity index (χ1v) is 10.6. The first-order chi connectivity index (χ1) is 16.0. The van der Waals surface area contributed by atoms with Gasteiger partial charge in [-0.25, -0.2) is 14.8 Å². The number of aryl methyl sites for hydroxylation is 1. The third kappa shape index (κ3) is 3.98. The summed E-state index contributed by atoms with van der Waals surface area (Å²) in [7, 11) is 1.85. The zero-order valence-electron chi connectivity index (χ0n) is 18.3. The maximum Gasteiger partial charge on any atom is 0.415 e. The number of carbonyl (C=O) groups excluding carboxylic acids is 1. The average molecular weight is 445 g/mol. The molecule has 2 aromatic heterocycles. The Kier molecular flexibility index (Phi) is 5.39. The minimum Gasteiger partial charge on any atom is -0.504 e. The molecule has 0 saturated carbocycles. The van der Waals surface area contributed by atoms with Crippen LogP contribution >= 0.6 is 0 Å². The van der Waals surface area contributed by atoms with Gasteiger partial charge in [-0.1, -0.05) is 30.3 Å². The molecule has 3 heterocycles. The molecule has 33 heavy (non-hydrogen) atoms. The second kappa shape index (κ2) is 8.51. The molecule has 1 unspecified atom stereocenters. The number of fused-ring (bicyclic) bond motifs is 1. The molecule has 9 heteroatoms. The van der Waals surface area contributed by atoms with Crippen molar-refractivity contribution in [3.63, 3.8) is 0 Å². The predicted molar refractivity (Wildman–Crippen MR) is 122 cm³/mol. The lowest BCUT2D eigenvalue weighted by atomic mass is 10.0. The molecule has 9 nitrogen and oxygen atoms in total. The molecule has 1 atom stereocenters. The molecule has 1 aliphatic rings. The predicted octanol–water partition coefficient (Wildman–Crippen LogP) is 3.62. The molecule has 4 aromatic rings. The average Bonchev–Trinajstić information content (AvgIpc) is 3.21. The molecule has 1 amide bonds. The van der Waals surface area contributed by atoms with Gasteiger partial charge in [0.15, 0.2) is 11.5 Å². The van der Waals surface area contributed by atoms with Crippen molar-refractivity contribution in [1.82, 2.24) is 24.6 Å². The SMILES string of the molecule is CC1COCCN1C(=O)Oc1cc2c(-c3cn(C)nc3-c3ccccc3)ncnc2cc1O. The van der Waals surface area contributed by atoms with Gasteiger partial charge in [0.25, 0.3) is 0 Å². The van der Waals surface area contributed by atoms with E-state index in [0.717, 1.165) is 16.8 Å². The molecular formula is C24H23N5O4. The molecule has 0 spiro atoms. The molecule has 0 aliphatic carbocycles. The number of nitrogens with zero attached hydrogens (tertiary/aromatic N) is 5. The van der Waals surface area contributed by atoms with Gasteiger partial charge in [-0.15, -0.1) is 0 Å². The summed E-state index contributed by atoms with van der Waals surface area (Å²) in [5.74, 6) is -0.122. The molecule has 2 aromatic carbocycles. The number of rotatable bonds is 3. The lowest BCUT2D eigenvalue weighted by Gasteiger charge is -2.32. The molecule has 1 fully saturated rings. The number of hydrogen-bond donors (Lipinski definition) is 1. The second-order valence-electron chi connectivity index (χ2n) is 7.98. The first kappa shape index (κ1) is 20.9. The van der Waals surface area contributed by atoms with Crippen molar-refractivity contribution < 1.29 is 19.4 Å². The zero-order valence-corrected chi connectivity index (χ0v) is 18.3. The fourth-order valence-electron chi connectivity index (χ4n) is 3.99. The van der Waals surface area contributed by atoms with E-state index in [-0.39, 0.29) is 17.5 Å². The Hall–Kier alpha value is -3.98. The number of benzene rings is 2. The van der Waals surface area contributed by atoms with Gasteiger partial charge in [0, 0.05) is 42.4 Å². The number of phenolic OH excluding ortho intramolecular Hbond substituents is 1. The topological polar surface area (TPSA) is 103 Å². The minimum atomic E-state index is -0.537. The summed E-state index contributed by atoms with van der Waals surface area (Å²) in [5, 5.41) is 15.8. The highest BCUT2D eigenvalue weighted by molar-refractivity contribution is 5.97. The third-order valence-corrected chi connectivity index (χ3v) is 5.65. The van der Waals surface area contributed by atoms with Crippen LogP contribution in [0.4, 0.5) is 4.79 Å². The van der Waals surface area contributed by atoms with E-state index in [1.165, 1.54) is 12.4 Å². The maximum absolute atomic E-state index is 12.8. The van der Waals surface area contributed by atoms with Gasteiger partial charge < -0.3 is 19.5 Å². The molecule has 0 radical (unpaired) electrons. The Labute approximate surface area is 190 Å². The first-order valence-electron chi connectivity index (χ1n) is 10.6. The fourth-order valence-corrected chi connectivity index (χ4v) is 3.99. The molecular weight excluding hydrogens is 422 g/mol. The largest absolute Gasteiger partial charge is 0.504 e. The van der Waals surface area contributed by atoms with Gasteiger partial charge in [-0.2, -0.15) is 5.10 Å². The van der Waals surface area contributed by atoms with E-state index in [0.29, 0.717) is 36.4 Å². The number of aromatic nitrogens is 4. The number of carbonyl (C=O) groups is 1. The maximum atomic E-state index is 12.8. The van der Waals surface area contributed by atoms with E-state index < -0.39 is 6.09 Å². The van der Waals surface area contributed by atoms with Crippen LogP contribution in [0.25, 0.3) is 33.4 Å². The number of morpholine rings is 1. The van der Waals surface area contributed by atoms with E-state index in [1.54, 1.807) is 15.6 Å². The van der Waals surface area contributed by atoms with Gasteiger partial charge in [0.05, 0.1) is 30.5 Å². The van der Waals surface area contributed by atoms with Crippen molar-refractivity contribution in [3.05, 3.63) is 55.0 Å². The summed E-state index contributed by atoms with van der Waals surface area (Å²) < 4.78 is 12.7.